The van der Waals surface area contributed by atoms with Crippen molar-refractivity contribution in [2.24, 2.45) is 5.92 Å². The molecular formula is C13H18N4O3. The fraction of sp³-hybridized carbons (Fsp3) is 0.538. The molecule has 7 heteroatoms. The average Bonchev–Trinajstić information content (AvgIpc) is 2.92. The summed E-state index contributed by atoms with van der Waals surface area (Å²) in [5.74, 6) is 0.981. The predicted molar refractivity (Wildman–Crippen MR) is 71.1 cm³/mol. The van der Waals surface area contributed by atoms with Gasteiger partial charge in [-0.15, -0.1) is 5.10 Å². The number of hydrogen-bond donors (Lipinski definition) is 1. The molecule has 0 spiro atoms. The lowest BCUT2D eigenvalue weighted by Gasteiger charge is -2.07. The van der Waals surface area contributed by atoms with Crippen LogP contribution >= 0.6 is 0 Å². The number of hydrogen-bond acceptors (Lipinski definition) is 5. The van der Waals surface area contributed by atoms with Crippen LogP contribution in [0.4, 0.5) is 0 Å². The molecular weight excluding hydrogens is 260 g/mol. The summed E-state index contributed by atoms with van der Waals surface area (Å²) >= 11 is 0. The van der Waals surface area contributed by atoms with Gasteiger partial charge in [-0.1, -0.05) is 6.92 Å². The zero-order valence-electron chi connectivity index (χ0n) is 12.0. The minimum absolute atomic E-state index is 0.430. The summed E-state index contributed by atoms with van der Waals surface area (Å²) in [4.78, 5) is 10.8. The Hall–Kier alpha value is -2.18. The van der Waals surface area contributed by atoms with E-state index in [4.69, 9.17) is 9.52 Å². The Balaban J connectivity index is 2.27. The maximum atomic E-state index is 10.8. The molecule has 1 atom stereocenters. The molecule has 0 radical (unpaired) electrons. The predicted octanol–water partition coefficient (Wildman–Crippen LogP) is 1.97. The molecule has 2 aromatic heterocycles. The van der Waals surface area contributed by atoms with Crippen molar-refractivity contribution >= 4 is 5.97 Å². The molecule has 0 amide bonds. The van der Waals surface area contributed by atoms with Crippen LogP contribution in [0.1, 0.15) is 30.4 Å². The fourth-order valence-electron chi connectivity index (χ4n) is 2.10. The number of aromatic nitrogens is 4. The first-order valence-corrected chi connectivity index (χ1v) is 6.47. The lowest BCUT2D eigenvalue weighted by atomic mass is 10.1. The van der Waals surface area contributed by atoms with E-state index >= 15 is 0 Å². The van der Waals surface area contributed by atoms with Crippen LogP contribution in [-0.2, 0) is 11.3 Å². The summed E-state index contributed by atoms with van der Waals surface area (Å²) in [5, 5.41) is 20.6. The van der Waals surface area contributed by atoms with Crippen molar-refractivity contribution in [1.29, 1.82) is 0 Å². The second-order valence-electron chi connectivity index (χ2n) is 4.97. The van der Waals surface area contributed by atoms with Crippen molar-refractivity contribution in [3.63, 3.8) is 0 Å². The van der Waals surface area contributed by atoms with Gasteiger partial charge in [-0.05, 0) is 37.6 Å². The number of aryl methyl sites for hydroxylation is 3. The summed E-state index contributed by atoms with van der Waals surface area (Å²) in [6.45, 7) is 7.85. The Morgan fingerprint density at radius 3 is 2.60 bits per heavy atom. The van der Waals surface area contributed by atoms with E-state index in [1.165, 1.54) is 0 Å². The third-order valence-electron chi connectivity index (χ3n) is 3.51. The van der Waals surface area contributed by atoms with E-state index in [1.807, 2.05) is 20.8 Å². The maximum absolute atomic E-state index is 10.8. The van der Waals surface area contributed by atoms with Crippen molar-refractivity contribution in [2.75, 3.05) is 0 Å². The van der Waals surface area contributed by atoms with Crippen molar-refractivity contribution < 1.29 is 14.3 Å². The summed E-state index contributed by atoms with van der Waals surface area (Å²) in [5.41, 5.74) is 1.89. The van der Waals surface area contributed by atoms with Crippen LogP contribution in [0.5, 0.6) is 0 Å². The van der Waals surface area contributed by atoms with Crippen molar-refractivity contribution in [2.45, 2.75) is 40.7 Å². The monoisotopic (exact) mass is 278 g/mol. The van der Waals surface area contributed by atoms with Crippen molar-refractivity contribution in [1.82, 2.24) is 20.2 Å². The molecule has 0 aliphatic rings. The van der Waals surface area contributed by atoms with Crippen LogP contribution < -0.4 is 0 Å². The van der Waals surface area contributed by atoms with Gasteiger partial charge in [0, 0.05) is 12.1 Å². The first-order valence-electron chi connectivity index (χ1n) is 6.47. The molecule has 2 rings (SSSR count). The molecule has 2 heterocycles. The maximum Gasteiger partial charge on any atom is 0.306 e. The lowest BCUT2D eigenvalue weighted by molar-refractivity contribution is -0.141. The Kier molecular flexibility index (Phi) is 3.87. The average molecular weight is 278 g/mol. The van der Waals surface area contributed by atoms with Crippen LogP contribution in [0.25, 0.3) is 11.4 Å². The van der Waals surface area contributed by atoms with Crippen LogP contribution in [-0.4, -0.2) is 31.3 Å². The Morgan fingerprint density at radius 1 is 1.35 bits per heavy atom. The first kappa shape index (κ1) is 14.2. The van der Waals surface area contributed by atoms with Gasteiger partial charge in [-0.3, -0.25) is 4.79 Å². The highest BCUT2D eigenvalue weighted by Crippen LogP contribution is 2.29. The Morgan fingerprint density at radius 2 is 2.05 bits per heavy atom. The molecule has 0 saturated heterocycles. The van der Waals surface area contributed by atoms with Gasteiger partial charge in [0.05, 0.1) is 11.5 Å². The van der Waals surface area contributed by atoms with E-state index in [-0.39, 0.29) is 0 Å². The van der Waals surface area contributed by atoms with Crippen LogP contribution in [0.3, 0.4) is 0 Å². The highest BCUT2D eigenvalue weighted by atomic mass is 16.4. The van der Waals surface area contributed by atoms with Gasteiger partial charge in [0.1, 0.15) is 11.5 Å². The highest BCUT2D eigenvalue weighted by molar-refractivity contribution is 5.69. The van der Waals surface area contributed by atoms with Crippen LogP contribution in [0, 0.1) is 26.7 Å². The number of carboxylic acids is 1. The number of furan rings is 1. The first-order chi connectivity index (χ1) is 9.41. The van der Waals surface area contributed by atoms with Gasteiger partial charge in [-0.25, -0.2) is 4.68 Å². The van der Waals surface area contributed by atoms with E-state index in [1.54, 1.807) is 11.6 Å². The topological polar surface area (TPSA) is 94.0 Å². The largest absolute Gasteiger partial charge is 0.481 e. The minimum Gasteiger partial charge on any atom is -0.481 e. The Bertz CT molecular complexity index is 630. The van der Waals surface area contributed by atoms with E-state index in [0.717, 1.165) is 22.6 Å². The molecule has 1 unspecified atom stereocenters. The van der Waals surface area contributed by atoms with Gasteiger partial charge >= 0.3 is 5.97 Å². The van der Waals surface area contributed by atoms with Crippen molar-refractivity contribution in [3.8, 4) is 11.4 Å². The van der Waals surface area contributed by atoms with E-state index in [9.17, 15) is 4.79 Å². The van der Waals surface area contributed by atoms with E-state index in [0.29, 0.717) is 18.8 Å². The fourth-order valence-corrected chi connectivity index (χ4v) is 2.10. The van der Waals surface area contributed by atoms with Gasteiger partial charge in [0.15, 0.2) is 5.82 Å². The van der Waals surface area contributed by atoms with E-state index < -0.39 is 11.9 Å². The zero-order valence-corrected chi connectivity index (χ0v) is 12.0. The smallest absolute Gasteiger partial charge is 0.306 e. The third-order valence-corrected chi connectivity index (χ3v) is 3.51. The second kappa shape index (κ2) is 5.44. The molecule has 20 heavy (non-hydrogen) atoms. The molecule has 0 aromatic carbocycles. The van der Waals surface area contributed by atoms with E-state index in [2.05, 4.69) is 15.5 Å². The third kappa shape index (κ3) is 2.56. The number of nitrogens with zero attached hydrogens (tertiary/aromatic N) is 4. The molecule has 0 bridgehead atoms. The minimum atomic E-state index is -0.814. The lowest BCUT2D eigenvalue weighted by Crippen LogP contribution is -2.14. The number of carbonyl (C=O) groups is 1. The van der Waals surface area contributed by atoms with Crippen LogP contribution in [0.2, 0.25) is 0 Å². The number of aliphatic carboxylic acids is 1. The normalized spacial score (nSPS) is 12.6. The second-order valence-corrected chi connectivity index (χ2v) is 4.97. The zero-order chi connectivity index (χ0) is 14.9. The molecule has 1 N–H and O–H groups in total. The summed E-state index contributed by atoms with van der Waals surface area (Å²) in [7, 11) is 0. The molecule has 0 saturated carbocycles. The number of tetrazole rings is 1. The van der Waals surface area contributed by atoms with Gasteiger partial charge in [-0.2, -0.15) is 0 Å². The number of carboxylic acid groups (broad SMARTS) is 1. The number of rotatable bonds is 5. The highest BCUT2D eigenvalue weighted by Gasteiger charge is 2.20. The van der Waals surface area contributed by atoms with Crippen LogP contribution in [0.15, 0.2) is 4.42 Å². The SMILES string of the molecule is Cc1oc(C)c(-c2nnnn2CCC(C)C(=O)O)c1C. The quantitative estimate of drug-likeness (QED) is 0.898. The van der Waals surface area contributed by atoms with Gasteiger partial charge in [0.2, 0.25) is 0 Å². The standard InChI is InChI=1S/C13H18N4O3/c1-7(13(18)19)5-6-17-12(14-15-16-17)11-8(2)9(3)20-10(11)4/h7H,5-6H2,1-4H3,(H,18,19). The summed E-state index contributed by atoms with van der Waals surface area (Å²) in [6.07, 6.45) is 0.475. The van der Waals surface area contributed by atoms with Gasteiger partial charge in [0.25, 0.3) is 0 Å². The molecule has 0 fully saturated rings. The summed E-state index contributed by atoms with van der Waals surface area (Å²) < 4.78 is 7.21. The molecule has 7 nitrogen and oxygen atoms in total. The molecule has 2 aromatic rings. The Labute approximate surface area is 116 Å². The molecule has 0 aliphatic carbocycles. The summed E-state index contributed by atoms with van der Waals surface area (Å²) in [6, 6.07) is 0. The van der Waals surface area contributed by atoms with Crippen molar-refractivity contribution in [3.05, 3.63) is 17.1 Å². The molecule has 108 valence electrons. The molecule has 0 aliphatic heterocycles. The van der Waals surface area contributed by atoms with Gasteiger partial charge < -0.3 is 9.52 Å².